The number of nitrogens with one attached hydrogen (secondary N) is 2. The minimum Gasteiger partial charge on any atom is -0.347 e. The number of carbonyl (C=O) groups is 2. The van der Waals surface area contributed by atoms with Crippen LogP contribution in [-0.4, -0.2) is 49.4 Å². The molecule has 1 aliphatic rings. The van der Waals surface area contributed by atoms with Gasteiger partial charge in [0.15, 0.2) is 0 Å². The first kappa shape index (κ1) is 11.0. The fraction of sp³-hybridized carbons (Fsp3) is 0.778. The molecule has 0 bridgehead atoms. The maximum absolute atomic E-state index is 11.5. The monoisotopic (exact) mass is 199 g/mol. The highest BCUT2D eigenvalue weighted by Crippen LogP contribution is 2.05. The molecule has 1 unspecified atom stereocenters. The Morgan fingerprint density at radius 1 is 1.57 bits per heavy atom. The van der Waals surface area contributed by atoms with Crippen molar-refractivity contribution < 1.29 is 9.59 Å². The predicted octanol–water partition coefficient (Wildman–Crippen LogP) is -1.06. The van der Waals surface area contributed by atoms with E-state index in [0.29, 0.717) is 0 Å². The number of likely N-dealkylation sites (N-methyl/N-ethyl adjacent to an activating group) is 1. The molecule has 5 nitrogen and oxygen atoms in total. The lowest BCUT2D eigenvalue weighted by atomic mass is 10.2. The molecular weight excluding hydrogens is 182 g/mol. The third-order valence-corrected chi connectivity index (χ3v) is 2.46. The van der Waals surface area contributed by atoms with E-state index in [2.05, 4.69) is 10.6 Å². The molecule has 14 heavy (non-hydrogen) atoms. The van der Waals surface area contributed by atoms with Crippen LogP contribution in [-0.2, 0) is 9.59 Å². The second-order valence-electron chi connectivity index (χ2n) is 3.56. The van der Waals surface area contributed by atoms with E-state index in [4.69, 9.17) is 0 Å². The van der Waals surface area contributed by atoms with Gasteiger partial charge < -0.3 is 15.5 Å². The molecule has 0 saturated carbocycles. The van der Waals surface area contributed by atoms with Crippen molar-refractivity contribution >= 4 is 11.8 Å². The van der Waals surface area contributed by atoms with Crippen molar-refractivity contribution in [1.29, 1.82) is 0 Å². The Balaban J connectivity index is 2.31. The van der Waals surface area contributed by atoms with Crippen molar-refractivity contribution in [2.24, 2.45) is 0 Å². The lowest BCUT2D eigenvalue weighted by Crippen LogP contribution is -2.43. The van der Waals surface area contributed by atoms with Gasteiger partial charge in [-0.15, -0.1) is 0 Å². The van der Waals surface area contributed by atoms with Gasteiger partial charge in [0.05, 0.1) is 6.54 Å². The van der Waals surface area contributed by atoms with E-state index >= 15 is 0 Å². The molecule has 0 aliphatic carbocycles. The molecule has 1 saturated heterocycles. The number of amides is 2. The summed E-state index contributed by atoms with van der Waals surface area (Å²) in [5, 5.41) is 5.69. The molecule has 1 heterocycles. The molecule has 0 radical (unpaired) electrons. The largest absolute Gasteiger partial charge is 0.347 e. The van der Waals surface area contributed by atoms with Gasteiger partial charge >= 0.3 is 0 Å². The average molecular weight is 199 g/mol. The van der Waals surface area contributed by atoms with Crippen LogP contribution in [0.5, 0.6) is 0 Å². The Kier molecular flexibility index (Phi) is 3.88. The van der Waals surface area contributed by atoms with E-state index in [1.165, 1.54) is 6.92 Å². The third kappa shape index (κ3) is 2.99. The van der Waals surface area contributed by atoms with Crippen LogP contribution in [0, 0.1) is 0 Å². The van der Waals surface area contributed by atoms with E-state index in [1.54, 1.807) is 11.9 Å². The van der Waals surface area contributed by atoms with Crippen molar-refractivity contribution in [2.45, 2.75) is 19.4 Å². The summed E-state index contributed by atoms with van der Waals surface area (Å²) in [6.07, 6.45) is 0.988. The molecule has 1 fully saturated rings. The topological polar surface area (TPSA) is 61.4 Å². The van der Waals surface area contributed by atoms with Crippen molar-refractivity contribution in [3.63, 3.8) is 0 Å². The van der Waals surface area contributed by atoms with E-state index in [0.717, 1.165) is 19.5 Å². The Labute approximate surface area is 83.8 Å². The smallest absolute Gasteiger partial charge is 0.242 e. The highest BCUT2D eigenvalue weighted by atomic mass is 16.2. The highest BCUT2D eigenvalue weighted by Gasteiger charge is 2.22. The van der Waals surface area contributed by atoms with E-state index in [1.807, 2.05) is 0 Å². The number of nitrogens with zero attached hydrogens (tertiary/aromatic N) is 1. The fourth-order valence-electron chi connectivity index (χ4n) is 1.50. The summed E-state index contributed by atoms with van der Waals surface area (Å²) in [5.41, 5.74) is 0. The number of hydrogen-bond donors (Lipinski definition) is 2. The first-order valence-electron chi connectivity index (χ1n) is 4.82. The van der Waals surface area contributed by atoms with Crippen LogP contribution in [0.15, 0.2) is 0 Å². The summed E-state index contributed by atoms with van der Waals surface area (Å²) in [4.78, 5) is 23.8. The summed E-state index contributed by atoms with van der Waals surface area (Å²) in [7, 11) is 1.78. The molecule has 2 amide bonds. The zero-order chi connectivity index (χ0) is 10.6. The van der Waals surface area contributed by atoms with Gasteiger partial charge in [-0.25, -0.2) is 0 Å². The van der Waals surface area contributed by atoms with E-state index < -0.39 is 0 Å². The Hall–Kier alpha value is -1.10. The second-order valence-corrected chi connectivity index (χ2v) is 3.56. The molecule has 1 atom stereocenters. The van der Waals surface area contributed by atoms with Gasteiger partial charge in [-0.3, -0.25) is 9.59 Å². The zero-order valence-electron chi connectivity index (χ0n) is 8.67. The maximum atomic E-state index is 11.5. The van der Waals surface area contributed by atoms with Crippen LogP contribution in [0.3, 0.4) is 0 Å². The first-order valence-corrected chi connectivity index (χ1v) is 4.82. The quantitative estimate of drug-likeness (QED) is 0.609. The lowest BCUT2D eigenvalue weighted by Gasteiger charge is -2.23. The Bertz CT molecular complexity index is 224. The Morgan fingerprint density at radius 2 is 2.29 bits per heavy atom. The number of carbonyl (C=O) groups excluding carboxylic acids is 2. The van der Waals surface area contributed by atoms with Crippen molar-refractivity contribution in [1.82, 2.24) is 15.5 Å². The number of hydrogen-bond acceptors (Lipinski definition) is 3. The fourth-order valence-corrected chi connectivity index (χ4v) is 1.50. The van der Waals surface area contributed by atoms with E-state index in [-0.39, 0.29) is 24.4 Å². The van der Waals surface area contributed by atoms with E-state index in [9.17, 15) is 9.59 Å². The SMILES string of the molecule is CC(=O)NCC(=O)N(C)C1CCNC1. The van der Waals surface area contributed by atoms with Crippen LogP contribution in [0.25, 0.3) is 0 Å². The van der Waals surface area contributed by atoms with Crippen molar-refractivity contribution in [3.05, 3.63) is 0 Å². The van der Waals surface area contributed by atoms with Gasteiger partial charge in [-0.2, -0.15) is 0 Å². The summed E-state index contributed by atoms with van der Waals surface area (Å²) in [6.45, 7) is 3.32. The summed E-state index contributed by atoms with van der Waals surface area (Å²) in [5.74, 6) is -0.204. The third-order valence-electron chi connectivity index (χ3n) is 2.46. The summed E-state index contributed by atoms with van der Waals surface area (Å²) >= 11 is 0. The molecule has 1 rings (SSSR count). The van der Waals surface area contributed by atoms with Gasteiger partial charge in [0.1, 0.15) is 0 Å². The minimum absolute atomic E-state index is 0.0334. The average Bonchev–Trinajstić information content (AvgIpc) is 2.65. The van der Waals surface area contributed by atoms with Gasteiger partial charge in [0.25, 0.3) is 0 Å². The van der Waals surface area contributed by atoms with Crippen LogP contribution in [0.1, 0.15) is 13.3 Å². The summed E-state index contributed by atoms with van der Waals surface area (Å²) in [6, 6.07) is 0.274. The molecule has 2 N–H and O–H groups in total. The molecule has 0 aromatic rings. The zero-order valence-corrected chi connectivity index (χ0v) is 8.67. The van der Waals surface area contributed by atoms with Gasteiger partial charge in [0.2, 0.25) is 11.8 Å². The Morgan fingerprint density at radius 3 is 2.79 bits per heavy atom. The maximum Gasteiger partial charge on any atom is 0.242 e. The lowest BCUT2D eigenvalue weighted by molar-refractivity contribution is -0.132. The molecule has 0 spiro atoms. The molecule has 5 heteroatoms. The highest BCUT2D eigenvalue weighted by molar-refractivity contribution is 5.83. The minimum atomic E-state index is -0.170. The standard InChI is InChI=1S/C9H17N3O2/c1-7(13)11-6-9(14)12(2)8-3-4-10-5-8/h8,10H,3-6H2,1-2H3,(H,11,13). The van der Waals surface area contributed by atoms with Crippen LogP contribution < -0.4 is 10.6 Å². The molecule has 0 aromatic carbocycles. The van der Waals surface area contributed by atoms with Crippen molar-refractivity contribution in [2.75, 3.05) is 26.7 Å². The van der Waals surface area contributed by atoms with Crippen LogP contribution in [0.2, 0.25) is 0 Å². The molecular formula is C9H17N3O2. The van der Waals surface area contributed by atoms with Gasteiger partial charge in [-0.1, -0.05) is 0 Å². The second kappa shape index (κ2) is 4.95. The first-order chi connectivity index (χ1) is 6.61. The van der Waals surface area contributed by atoms with Gasteiger partial charge in [-0.05, 0) is 13.0 Å². The molecule has 0 aromatic heterocycles. The van der Waals surface area contributed by atoms with Gasteiger partial charge in [0, 0.05) is 26.6 Å². The molecule has 80 valence electrons. The van der Waals surface area contributed by atoms with Crippen molar-refractivity contribution in [3.8, 4) is 0 Å². The van der Waals surface area contributed by atoms with Crippen LogP contribution in [0.4, 0.5) is 0 Å². The normalized spacial score (nSPS) is 20.6. The summed E-state index contributed by atoms with van der Waals surface area (Å²) < 4.78 is 0. The van der Waals surface area contributed by atoms with Crippen LogP contribution >= 0.6 is 0 Å². The predicted molar refractivity (Wildman–Crippen MR) is 52.7 cm³/mol. The molecule has 1 aliphatic heterocycles. The number of rotatable bonds is 3.